The van der Waals surface area contributed by atoms with E-state index in [0.29, 0.717) is 10.8 Å². The second-order valence-electron chi connectivity index (χ2n) is 8.32. The van der Waals surface area contributed by atoms with E-state index >= 15 is 0 Å². The molecule has 1 heteroatoms. The second kappa shape index (κ2) is 3.63. The maximum absolute atomic E-state index is 2.45. The van der Waals surface area contributed by atoms with Gasteiger partial charge in [0.05, 0.1) is 20.1 Å². The summed E-state index contributed by atoms with van der Waals surface area (Å²) < 4.78 is 1.16. The third kappa shape index (κ3) is 1.78. The first-order chi connectivity index (χ1) is 8.66. The Morgan fingerprint density at radius 2 is 1.32 bits per heavy atom. The fraction of sp³-hybridized carbons (Fsp3) is 0.667. The maximum Gasteiger partial charge on any atom is 0.140 e. The molecule has 1 nitrogen and oxygen atoms in total. The molecule has 0 amide bonds. The summed E-state index contributed by atoms with van der Waals surface area (Å²) in [6, 6.07) is 4.91. The molecule has 0 atom stereocenters. The molecule has 0 saturated heterocycles. The van der Waals surface area contributed by atoms with Gasteiger partial charge in [-0.2, -0.15) is 0 Å². The van der Waals surface area contributed by atoms with Gasteiger partial charge >= 0.3 is 0 Å². The molecule has 0 saturated carbocycles. The monoisotopic (exact) mass is 258 g/mol. The molecule has 0 radical (unpaired) electrons. The average Bonchev–Trinajstić information content (AvgIpc) is 2.31. The van der Waals surface area contributed by atoms with Crippen LogP contribution in [0.2, 0.25) is 0 Å². The van der Waals surface area contributed by atoms with E-state index in [4.69, 9.17) is 0 Å². The van der Waals surface area contributed by atoms with E-state index in [2.05, 4.69) is 53.8 Å². The molecule has 2 heterocycles. The first-order valence-electron chi connectivity index (χ1n) is 7.67. The number of benzene rings is 1. The predicted molar refractivity (Wildman–Crippen MR) is 83.9 cm³/mol. The average molecular weight is 258 g/mol. The van der Waals surface area contributed by atoms with Crippen molar-refractivity contribution in [1.82, 2.24) is 4.48 Å². The Kier molecular flexibility index (Phi) is 2.52. The summed E-state index contributed by atoms with van der Waals surface area (Å²) in [5, 5.41) is 0. The topological polar surface area (TPSA) is 0 Å². The minimum atomic E-state index is 0.335. The van der Waals surface area contributed by atoms with Crippen molar-refractivity contribution in [3.8, 4) is 0 Å². The van der Waals surface area contributed by atoms with E-state index in [1.807, 2.05) is 0 Å². The summed E-state index contributed by atoms with van der Waals surface area (Å²) in [6.45, 7) is 14.6. The third-order valence-electron chi connectivity index (χ3n) is 5.71. The summed E-state index contributed by atoms with van der Waals surface area (Å²) in [7, 11) is 2.45. The Bertz CT molecular complexity index is 496. The van der Waals surface area contributed by atoms with Gasteiger partial charge in [0, 0.05) is 34.8 Å². The van der Waals surface area contributed by atoms with Crippen LogP contribution in [0.4, 0.5) is 5.69 Å². The van der Waals surface area contributed by atoms with Crippen molar-refractivity contribution in [3.63, 3.8) is 0 Å². The largest absolute Gasteiger partial charge is 0.293 e. The third-order valence-corrected chi connectivity index (χ3v) is 5.71. The highest BCUT2D eigenvalue weighted by Gasteiger charge is 2.48. The summed E-state index contributed by atoms with van der Waals surface area (Å²) in [5.74, 6) is 0. The molecular formula is C18H28N+. The van der Waals surface area contributed by atoms with Gasteiger partial charge in [0.1, 0.15) is 5.69 Å². The van der Waals surface area contributed by atoms with Crippen molar-refractivity contribution < 1.29 is 0 Å². The molecule has 0 fully saturated rings. The molecule has 104 valence electrons. The quantitative estimate of drug-likeness (QED) is 0.609. The molecule has 0 spiro atoms. The molecule has 0 aliphatic carbocycles. The van der Waals surface area contributed by atoms with Gasteiger partial charge in [-0.1, -0.05) is 33.3 Å². The summed E-state index contributed by atoms with van der Waals surface area (Å²) in [4.78, 5) is 0. The van der Waals surface area contributed by atoms with Crippen LogP contribution in [-0.4, -0.2) is 20.1 Å². The molecule has 1 aromatic carbocycles. The number of aryl methyl sites for hydroxylation is 1. The van der Waals surface area contributed by atoms with E-state index in [1.165, 1.54) is 31.5 Å². The lowest BCUT2D eigenvalue weighted by molar-refractivity contribution is 0.217. The maximum atomic E-state index is 2.45. The van der Waals surface area contributed by atoms with Crippen molar-refractivity contribution in [2.24, 2.45) is 0 Å². The van der Waals surface area contributed by atoms with Gasteiger partial charge in [0.2, 0.25) is 0 Å². The Morgan fingerprint density at radius 3 is 1.74 bits per heavy atom. The van der Waals surface area contributed by atoms with Crippen LogP contribution in [-0.2, 0) is 10.8 Å². The standard InChI is InChI=1S/C18H28N/c1-13-11-14-16-15(12-13)18(4,5)8-10-19(16,6)9-7-17(14,2)3/h11-12H,7-10H2,1-6H3/q+1. The zero-order chi connectivity index (χ0) is 14.1. The van der Waals surface area contributed by atoms with Crippen molar-refractivity contribution in [2.45, 2.75) is 58.3 Å². The summed E-state index contributed by atoms with van der Waals surface area (Å²) >= 11 is 0. The Labute approximate surface area is 118 Å². The van der Waals surface area contributed by atoms with E-state index in [1.54, 1.807) is 16.8 Å². The lowest BCUT2D eigenvalue weighted by atomic mass is 9.68. The van der Waals surface area contributed by atoms with Crippen LogP contribution < -0.4 is 4.48 Å². The normalized spacial score (nSPS) is 25.8. The van der Waals surface area contributed by atoms with E-state index in [0.717, 1.165) is 4.48 Å². The van der Waals surface area contributed by atoms with E-state index in [-0.39, 0.29) is 0 Å². The minimum Gasteiger partial charge on any atom is -0.293 e. The van der Waals surface area contributed by atoms with Crippen LogP contribution in [0.3, 0.4) is 0 Å². The number of quaternary nitrogens is 1. The highest BCUT2D eigenvalue weighted by Crippen LogP contribution is 2.51. The van der Waals surface area contributed by atoms with Crippen molar-refractivity contribution in [1.29, 1.82) is 0 Å². The van der Waals surface area contributed by atoms with Crippen LogP contribution in [0.5, 0.6) is 0 Å². The molecule has 3 rings (SSSR count). The highest BCUT2D eigenvalue weighted by atomic mass is 15.3. The second-order valence-corrected chi connectivity index (χ2v) is 8.32. The lowest BCUT2D eigenvalue weighted by Crippen LogP contribution is -2.57. The fourth-order valence-corrected chi connectivity index (χ4v) is 4.05. The Balaban J connectivity index is 2.37. The highest BCUT2D eigenvalue weighted by molar-refractivity contribution is 5.65. The summed E-state index contributed by atoms with van der Waals surface area (Å²) in [5.41, 5.74) is 6.99. The number of hydrogen-bond acceptors (Lipinski definition) is 0. The van der Waals surface area contributed by atoms with Gasteiger partial charge in [-0.05, 0) is 19.1 Å². The van der Waals surface area contributed by atoms with Gasteiger partial charge in [-0.25, -0.2) is 0 Å². The zero-order valence-corrected chi connectivity index (χ0v) is 13.4. The minimum absolute atomic E-state index is 0.335. The SMILES string of the molecule is Cc1cc2c3c(c1)C(C)(C)CC[N+]3(C)CCC2(C)C. The molecule has 2 aliphatic heterocycles. The van der Waals surface area contributed by atoms with Gasteiger partial charge in [-0.3, -0.25) is 4.48 Å². The number of hydrogen-bond donors (Lipinski definition) is 0. The van der Waals surface area contributed by atoms with E-state index < -0.39 is 0 Å². The predicted octanol–water partition coefficient (Wildman–Crippen LogP) is 4.29. The van der Waals surface area contributed by atoms with Crippen molar-refractivity contribution in [3.05, 3.63) is 28.8 Å². The Hall–Kier alpha value is -0.820. The fourth-order valence-electron chi connectivity index (χ4n) is 4.05. The van der Waals surface area contributed by atoms with Crippen LogP contribution in [0, 0.1) is 6.92 Å². The van der Waals surface area contributed by atoms with Gasteiger partial charge in [0.15, 0.2) is 0 Å². The summed E-state index contributed by atoms with van der Waals surface area (Å²) in [6.07, 6.45) is 2.61. The van der Waals surface area contributed by atoms with Gasteiger partial charge < -0.3 is 0 Å². The van der Waals surface area contributed by atoms with Gasteiger partial charge in [-0.15, -0.1) is 0 Å². The smallest absolute Gasteiger partial charge is 0.140 e. The van der Waals surface area contributed by atoms with Crippen molar-refractivity contribution >= 4 is 5.69 Å². The molecule has 0 N–H and O–H groups in total. The van der Waals surface area contributed by atoms with E-state index in [9.17, 15) is 0 Å². The van der Waals surface area contributed by atoms with Crippen LogP contribution >= 0.6 is 0 Å². The Morgan fingerprint density at radius 1 is 0.895 bits per heavy atom. The number of nitrogens with zero attached hydrogens (tertiary/aromatic N) is 1. The van der Waals surface area contributed by atoms with Crippen molar-refractivity contribution in [2.75, 3.05) is 20.1 Å². The molecule has 19 heavy (non-hydrogen) atoms. The molecule has 0 aromatic heterocycles. The van der Waals surface area contributed by atoms with Crippen LogP contribution in [0.15, 0.2) is 12.1 Å². The van der Waals surface area contributed by atoms with Crippen LogP contribution in [0.25, 0.3) is 0 Å². The number of rotatable bonds is 0. The first kappa shape index (κ1) is 13.2. The molecule has 1 aromatic rings. The first-order valence-corrected chi connectivity index (χ1v) is 7.67. The van der Waals surface area contributed by atoms with Crippen LogP contribution in [0.1, 0.15) is 57.2 Å². The molecule has 0 bridgehead atoms. The van der Waals surface area contributed by atoms with Gasteiger partial charge in [0.25, 0.3) is 0 Å². The lowest BCUT2D eigenvalue weighted by Gasteiger charge is -2.51. The molecular weight excluding hydrogens is 230 g/mol. The molecule has 0 unspecified atom stereocenters. The zero-order valence-electron chi connectivity index (χ0n) is 13.4. The molecule has 2 aliphatic rings.